The van der Waals surface area contributed by atoms with E-state index in [0.717, 1.165) is 36.1 Å². The summed E-state index contributed by atoms with van der Waals surface area (Å²) >= 11 is 0. The average Bonchev–Trinajstić information content (AvgIpc) is 2.67. The number of fused-ring (bicyclic) bond motifs is 1. The third kappa shape index (κ3) is 3.65. The quantitative estimate of drug-likeness (QED) is 0.640. The lowest BCUT2D eigenvalue weighted by Crippen LogP contribution is -2.38. The second-order valence-electron chi connectivity index (χ2n) is 7.89. The van der Waals surface area contributed by atoms with Gasteiger partial charge in [0.2, 0.25) is 0 Å². The molecule has 1 N–H and O–H groups in total. The maximum atomic E-state index is 11.1. The average molecular weight is 372 g/mol. The van der Waals surface area contributed by atoms with Crippen molar-refractivity contribution in [3.63, 3.8) is 0 Å². The molecule has 142 valence electrons. The zero-order valence-electron chi connectivity index (χ0n) is 16.2. The van der Waals surface area contributed by atoms with Gasteiger partial charge in [-0.25, -0.2) is 4.79 Å². The first-order valence-corrected chi connectivity index (χ1v) is 9.64. The van der Waals surface area contributed by atoms with Gasteiger partial charge in [0.1, 0.15) is 11.4 Å². The number of para-hydroxylation sites is 1. The van der Waals surface area contributed by atoms with Gasteiger partial charge >= 0.3 is 5.97 Å². The highest BCUT2D eigenvalue weighted by atomic mass is 16.5. The van der Waals surface area contributed by atoms with E-state index in [1.807, 2.05) is 24.3 Å². The smallest absolute Gasteiger partial charge is 0.335 e. The van der Waals surface area contributed by atoms with E-state index in [2.05, 4.69) is 44.2 Å². The van der Waals surface area contributed by atoms with Gasteiger partial charge in [-0.1, -0.05) is 60.2 Å². The predicted octanol–water partition coefficient (Wildman–Crippen LogP) is 5.69. The summed E-state index contributed by atoms with van der Waals surface area (Å²) in [5.41, 5.74) is 5.77. The SMILES string of the molecule is Cc1cccc(C[C@@]2(C)CCc3cccc(-c4ccc(C(=O)O)cc4)c3O2)c1. The molecule has 28 heavy (non-hydrogen) atoms. The Bertz CT molecular complexity index is 1020. The van der Waals surface area contributed by atoms with Crippen LogP contribution in [0.15, 0.2) is 66.7 Å². The maximum absolute atomic E-state index is 11.1. The molecule has 3 heteroatoms. The summed E-state index contributed by atoms with van der Waals surface area (Å²) in [6.07, 6.45) is 2.80. The van der Waals surface area contributed by atoms with Crippen molar-refractivity contribution in [1.29, 1.82) is 0 Å². The van der Waals surface area contributed by atoms with Crippen molar-refractivity contribution in [1.82, 2.24) is 0 Å². The molecule has 3 aromatic rings. The molecule has 0 radical (unpaired) electrons. The third-order valence-corrected chi connectivity index (χ3v) is 5.47. The lowest BCUT2D eigenvalue weighted by Gasteiger charge is -2.37. The van der Waals surface area contributed by atoms with E-state index in [4.69, 9.17) is 9.84 Å². The van der Waals surface area contributed by atoms with Gasteiger partial charge in [-0.15, -0.1) is 0 Å². The monoisotopic (exact) mass is 372 g/mol. The Kier molecular flexibility index (Phi) is 4.68. The van der Waals surface area contributed by atoms with Crippen molar-refractivity contribution in [2.45, 2.75) is 38.7 Å². The minimum Gasteiger partial charge on any atom is -0.486 e. The summed E-state index contributed by atoms with van der Waals surface area (Å²) in [6.45, 7) is 4.30. The van der Waals surface area contributed by atoms with Crippen LogP contribution in [0.3, 0.4) is 0 Å². The fourth-order valence-electron chi connectivity index (χ4n) is 4.00. The van der Waals surface area contributed by atoms with E-state index < -0.39 is 5.97 Å². The molecule has 1 atom stereocenters. The first kappa shape index (κ1) is 18.3. The van der Waals surface area contributed by atoms with Crippen LogP contribution in [0.25, 0.3) is 11.1 Å². The topological polar surface area (TPSA) is 46.5 Å². The molecule has 0 saturated heterocycles. The molecule has 0 saturated carbocycles. The molecule has 3 aromatic carbocycles. The highest BCUT2D eigenvalue weighted by molar-refractivity contribution is 5.88. The summed E-state index contributed by atoms with van der Waals surface area (Å²) in [7, 11) is 0. The number of aryl methyl sites for hydroxylation is 2. The first-order valence-electron chi connectivity index (χ1n) is 9.64. The van der Waals surface area contributed by atoms with Crippen LogP contribution in [-0.2, 0) is 12.8 Å². The molecule has 0 aromatic heterocycles. The lowest BCUT2D eigenvalue weighted by molar-refractivity contribution is 0.0661. The van der Waals surface area contributed by atoms with E-state index >= 15 is 0 Å². The second kappa shape index (κ2) is 7.16. The zero-order chi connectivity index (χ0) is 19.7. The van der Waals surface area contributed by atoms with Crippen LogP contribution in [0.5, 0.6) is 5.75 Å². The van der Waals surface area contributed by atoms with Gasteiger partial charge in [-0.2, -0.15) is 0 Å². The zero-order valence-corrected chi connectivity index (χ0v) is 16.2. The molecule has 1 heterocycles. The molecular weight excluding hydrogens is 348 g/mol. The Morgan fingerprint density at radius 2 is 1.82 bits per heavy atom. The molecule has 4 rings (SSSR count). The summed E-state index contributed by atoms with van der Waals surface area (Å²) in [6, 6.07) is 21.8. The Morgan fingerprint density at radius 3 is 2.54 bits per heavy atom. The van der Waals surface area contributed by atoms with Crippen molar-refractivity contribution < 1.29 is 14.6 Å². The van der Waals surface area contributed by atoms with Crippen LogP contribution in [0, 0.1) is 6.92 Å². The molecule has 0 bridgehead atoms. The Balaban J connectivity index is 1.66. The van der Waals surface area contributed by atoms with Gasteiger partial charge < -0.3 is 9.84 Å². The van der Waals surface area contributed by atoms with E-state index in [9.17, 15) is 4.79 Å². The van der Waals surface area contributed by atoms with Crippen molar-refractivity contribution in [2.75, 3.05) is 0 Å². The molecule has 0 unspecified atom stereocenters. The summed E-state index contributed by atoms with van der Waals surface area (Å²) < 4.78 is 6.61. The molecule has 0 aliphatic carbocycles. The van der Waals surface area contributed by atoms with Gasteiger partial charge in [-0.3, -0.25) is 0 Å². The Morgan fingerprint density at radius 1 is 1.07 bits per heavy atom. The number of carboxylic acids is 1. The van der Waals surface area contributed by atoms with E-state index in [1.54, 1.807) is 12.1 Å². The number of hydrogen-bond donors (Lipinski definition) is 1. The highest BCUT2D eigenvalue weighted by Gasteiger charge is 2.33. The van der Waals surface area contributed by atoms with Crippen LogP contribution in [-0.4, -0.2) is 16.7 Å². The summed E-state index contributed by atoms with van der Waals surface area (Å²) in [5.74, 6) is 0.00981. The van der Waals surface area contributed by atoms with Gasteiger partial charge in [0.25, 0.3) is 0 Å². The number of ether oxygens (including phenoxy) is 1. The van der Waals surface area contributed by atoms with E-state index in [1.165, 1.54) is 16.7 Å². The number of hydrogen-bond acceptors (Lipinski definition) is 2. The summed E-state index contributed by atoms with van der Waals surface area (Å²) in [5, 5.41) is 9.14. The van der Waals surface area contributed by atoms with Crippen LogP contribution < -0.4 is 4.74 Å². The Hall–Kier alpha value is -3.07. The molecule has 3 nitrogen and oxygen atoms in total. The molecule has 0 fully saturated rings. The van der Waals surface area contributed by atoms with Crippen molar-refractivity contribution in [3.8, 4) is 16.9 Å². The number of aromatic carboxylic acids is 1. The fraction of sp³-hybridized carbons (Fsp3) is 0.240. The molecule has 1 aliphatic heterocycles. The predicted molar refractivity (Wildman–Crippen MR) is 111 cm³/mol. The van der Waals surface area contributed by atoms with Gasteiger partial charge in [-0.05, 0) is 55.5 Å². The summed E-state index contributed by atoms with van der Waals surface area (Å²) in [4.78, 5) is 11.1. The minimum absolute atomic E-state index is 0.266. The fourth-order valence-corrected chi connectivity index (χ4v) is 4.00. The van der Waals surface area contributed by atoms with Crippen molar-refractivity contribution >= 4 is 5.97 Å². The highest BCUT2D eigenvalue weighted by Crippen LogP contribution is 2.41. The number of carbonyl (C=O) groups is 1. The van der Waals surface area contributed by atoms with Gasteiger partial charge in [0, 0.05) is 12.0 Å². The lowest BCUT2D eigenvalue weighted by atomic mass is 9.85. The molecule has 1 aliphatic rings. The third-order valence-electron chi connectivity index (χ3n) is 5.47. The number of rotatable bonds is 4. The van der Waals surface area contributed by atoms with Gasteiger partial charge in [0.05, 0.1) is 5.56 Å². The second-order valence-corrected chi connectivity index (χ2v) is 7.89. The number of carboxylic acid groups (broad SMARTS) is 1. The molecular formula is C25H24O3. The van der Waals surface area contributed by atoms with Crippen LogP contribution in [0.2, 0.25) is 0 Å². The first-order chi connectivity index (χ1) is 13.4. The Labute approximate surface area is 165 Å². The van der Waals surface area contributed by atoms with Crippen LogP contribution >= 0.6 is 0 Å². The normalized spacial score (nSPS) is 18.2. The van der Waals surface area contributed by atoms with Gasteiger partial charge in [0.15, 0.2) is 0 Å². The van der Waals surface area contributed by atoms with E-state index in [0.29, 0.717) is 5.56 Å². The van der Waals surface area contributed by atoms with Crippen molar-refractivity contribution in [2.24, 2.45) is 0 Å². The standard InChI is InChI=1S/C25H24O3/c1-17-5-3-6-18(15-17)16-25(2)14-13-20-7-4-8-22(23(20)28-25)19-9-11-21(12-10-19)24(26)27/h3-12,15H,13-14,16H2,1-2H3,(H,26,27)/t25-/m1/s1. The molecule has 0 amide bonds. The number of benzene rings is 3. The van der Waals surface area contributed by atoms with E-state index in [-0.39, 0.29) is 5.60 Å². The van der Waals surface area contributed by atoms with Crippen LogP contribution in [0.4, 0.5) is 0 Å². The van der Waals surface area contributed by atoms with Crippen molar-refractivity contribution in [3.05, 3.63) is 89.0 Å². The maximum Gasteiger partial charge on any atom is 0.335 e. The minimum atomic E-state index is -0.913. The van der Waals surface area contributed by atoms with Crippen LogP contribution in [0.1, 0.15) is 40.4 Å². The largest absolute Gasteiger partial charge is 0.486 e. The molecule has 0 spiro atoms.